The number of carboxylic acid groups (broad SMARTS) is 1. The van der Waals surface area contributed by atoms with E-state index < -0.39 is 12.1 Å². The topological polar surface area (TPSA) is 103 Å². The van der Waals surface area contributed by atoms with Crippen LogP contribution >= 0.6 is 31.9 Å². The molecule has 0 saturated heterocycles. The van der Waals surface area contributed by atoms with Crippen molar-refractivity contribution in [1.82, 2.24) is 9.66 Å². The summed E-state index contributed by atoms with van der Waals surface area (Å²) >= 11 is 6.77. The van der Waals surface area contributed by atoms with Crippen LogP contribution in [-0.2, 0) is 4.79 Å². The van der Waals surface area contributed by atoms with Crippen LogP contribution in [0.4, 0.5) is 0 Å². The number of halogens is 2. The smallest absolute Gasteiger partial charge is 0.344 e. The molecule has 1 N–H and O–H groups in total. The van der Waals surface area contributed by atoms with Gasteiger partial charge in [0.1, 0.15) is 5.82 Å². The van der Waals surface area contributed by atoms with E-state index in [0.717, 1.165) is 4.47 Å². The molecule has 0 saturated carbocycles. The second kappa shape index (κ2) is 8.97. The van der Waals surface area contributed by atoms with Crippen molar-refractivity contribution in [2.75, 3.05) is 7.11 Å². The first kappa shape index (κ1) is 22.0. The summed E-state index contributed by atoms with van der Waals surface area (Å²) in [5, 5.41) is 13.8. The average molecular weight is 539 g/mol. The van der Waals surface area contributed by atoms with Gasteiger partial charge in [-0.2, -0.15) is 9.78 Å². The van der Waals surface area contributed by atoms with Crippen LogP contribution in [0.25, 0.3) is 10.9 Å². The van der Waals surface area contributed by atoms with Crippen LogP contribution < -0.4 is 15.0 Å². The fourth-order valence-electron chi connectivity index (χ4n) is 2.66. The molecule has 0 aliphatic carbocycles. The molecule has 3 rings (SSSR count). The molecule has 8 nitrogen and oxygen atoms in total. The molecule has 0 aliphatic rings. The van der Waals surface area contributed by atoms with Crippen molar-refractivity contribution in [3.8, 4) is 11.5 Å². The standard InChI is InChI=1S/C20H17Br2N3O5/c1-10(20(27)28)30-18-8-15(22)12(6-17(18)29-3)9-23-25-11(2)24-16-5-4-13(21)7-14(16)19(25)26/h4-10H,1-3H3,(H,27,28)/t10-/m1/s1. The monoisotopic (exact) mass is 537 g/mol. The van der Waals surface area contributed by atoms with Crippen molar-refractivity contribution >= 4 is 54.9 Å². The number of hydrogen-bond acceptors (Lipinski definition) is 6. The van der Waals surface area contributed by atoms with Gasteiger partial charge in [0.2, 0.25) is 0 Å². The minimum absolute atomic E-state index is 0.266. The van der Waals surface area contributed by atoms with E-state index in [2.05, 4.69) is 41.9 Å². The molecule has 1 heterocycles. The Balaban J connectivity index is 2.02. The lowest BCUT2D eigenvalue weighted by molar-refractivity contribution is -0.144. The van der Waals surface area contributed by atoms with E-state index in [4.69, 9.17) is 14.6 Å². The average Bonchev–Trinajstić information content (AvgIpc) is 2.69. The van der Waals surface area contributed by atoms with Crippen molar-refractivity contribution in [1.29, 1.82) is 0 Å². The molecule has 3 aromatic rings. The number of aliphatic carboxylic acids is 1. The predicted octanol–water partition coefficient (Wildman–Crippen LogP) is 3.97. The van der Waals surface area contributed by atoms with E-state index in [1.165, 1.54) is 24.9 Å². The molecular weight excluding hydrogens is 522 g/mol. The quantitative estimate of drug-likeness (QED) is 0.476. The predicted molar refractivity (Wildman–Crippen MR) is 120 cm³/mol. The van der Waals surface area contributed by atoms with Gasteiger partial charge in [-0.3, -0.25) is 4.79 Å². The molecular formula is C20H17Br2N3O5. The number of rotatable bonds is 6. The van der Waals surface area contributed by atoms with Crippen LogP contribution in [0.3, 0.4) is 0 Å². The highest BCUT2D eigenvalue weighted by molar-refractivity contribution is 9.10. The molecule has 0 aliphatic heterocycles. The summed E-state index contributed by atoms with van der Waals surface area (Å²) in [6, 6.07) is 8.50. The highest BCUT2D eigenvalue weighted by atomic mass is 79.9. The molecule has 1 atom stereocenters. The van der Waals surface area contributed by atoms with E-state index in [-0.39, 0.29) is 11.3 Å². The van der Waals surface area contributed by atoms with Crippen molar-refractivity contribution in [3.05, 3.63) is 61.0 Å². The van der Waals surface area contributed by atoms with Gasteiger partial charge in [0, 0.05) is 14.5 Å². The number of carboxylic acids is 1. The van der Waals surface area contributed by atoms with E-state index in [0.29, 0.717) is 32.5 Å². The van der Waals surface area contributed by atoms with Crippen molar-refractivity contribution in [2.24, 2.45) is 5.10 Å². The summed E-state index contributed by atoms with van der Waals surface area (Å²) in [4.78, 5) is 28.3. The van der Waals surface area contributed by atoms with Gasteiger partial charge in [-0.15, -0.1) is 0 Å². The summed E-state index contributed by atoms with van der Waals surface area (Å²) in [6.45, 7) is 3.12. The van der Waals surface area contributed by atoms with E-state index in [9.17, 15) is 9.59 Å². The molecule has 0 radical (unpaired) electrons. The first-order valence-corrected chi connectivity index (χ1v) is 10.3. The third kappa shape index (κ3) is 4.54. The van der Waals surface area contributed by atoms with Crippen molar-refractivity contribution in [2.45, 2.75) is 20.0 Å². The second-order valence-electron chi connectivity index (χ2n) is 6.30. The first-order chi connectivity index (χ1) is 14.2. The first-order valence-electron chi connectivity index (χ1n) is 8.71. The zero-order chi connectivity index (χ0) is 22.0. The van der Waals surface area contributed by atoms with Gasteiger partial charge in [0.15, 0.2) is 17.6 Å². The van der Waals surface area contributed by atoms with Crippen LogP contribution in [0.2, 0.25) is 0 Å². The molecule has 1 aromatic heterocycles. The highest BCUT2D eigenvalue weighted by Gasteiger charge is 2.17. The number of benzene rings is 2. The van der Waals surface area contributed by atoms with Gasteiger partial charge in [-0.1, -0.05) is 15.9 Å². The minimum Gasteiger partial charge on any atom is -0.493 e. The SMILES string of the molecule is COc1cc(C=Nn2c(C)nc3ccc(Br)cc3c2=O)c(Br)cc1O[C@H](C)C(=O)O. The number of aromatic nitrogens is 2. The van der Waals surface area contributed by atoms with Gasteiger partial charge in [0.05, 0.1) is 24.2 Å². The Morgan fingerprint density at radius 3 is 2.67 bits per heavy atom. The zero-order valence-electron chi connectivity index (χ0n) is 16.2. The summed E-state index contributed by atoms with van der Waals surface area (Å²) in [6.07, 6.45) is 0.436. The normalized spacial score (nSPS) is 12.3. The Labute approximate surface area is 188 Å². The summed E-state index contributed by atoms with van der Waals surface area (Å²) in [5.74, 6) is -0.0621. The molecule has 10 heteroatoms. The lowest BCUT2D eigenvalue weighted by Gasteiger charge is -2.15. The highest BCUT2D eigenvalue weighted by Crippen LogP contribution is 2.33. The molecule has 0 unspecified atom stereocenters. The number of carbonyl (C=O) groups is 1. The van der Waals surface area contributed by atoms with Gasteiger partial charge < -0.3 is 14.6 Å². The molecule has 0 amide bonds. The third-order valence-corrected chi connectivity index (χ3v) is 5.40. The summed E-state index contributed by atoms with van der Waals surface area (Å²) in [5.41, 5.74) is 0.889. The van der Waals surface area contributed by atoms with Gasteiger partial charge in [0.25, 0.3) is 5.56 Å². The number of fused-ring (bicyclic) bond motifs is 1. The van der Waals surface area contributed by atoms with Crippen LogP contribution in [0.1, 0.15) is 18.3 Å². The lowest BCUT2D eigenvalue weighted by atomic mass is 10.2. The lowest BCUT2D eigenvalue weighted by Crippen LogP contribution is -2.23. The number of aryl methyl sites for hydroxylation is 1. The van der Waals surface area contributed by atoms with E-state index in [1.54, 1.807) is 31.2 Å². The van der Waals surface area contributed by atoms with E-state index in [1.807, 2.05) is 6.07 Å². The minimum atomic E-state index is -1.09. The Kier molecular flexibility index (Phi) is 6.57. The van der Waals surface area contributed by atoms with Crippen LogP contribution in [0.15, 0.2) is 49.2 Å². The maximum absolute atomic E-state index is 12.8. The molecule has 30 heavy (non-hydrogen) atoms. The number of hydrogen-bond donors (Lipinski definition) is 1. The fraction of sp³-hybridized carbons (Fsp3) is 0.200. The largest absolute Gasteiger partial charge is 0.493 e. The molecule has 156 valence electrons. The Morgan fingerprint density at radius 2 is 2.00 bits per heavy atom. The molecule has 0 spiro atoms. The Morgan fingerprint density at radius 1 is 1.27 bits per heavy atom. The number of methoxy groups -OCH3 is 1. The van der Waals surface area contributed by atoms with Gasteiger partial charge in [-0.05, 0) is 60.1 Å². The number of nitrogens with zero attached hydrogens (tertiary/aromatic N) is 3. The molecule has 0 fully saturated rings. The van der Waals surface area contributed by atoms with Gasteiger partial charge in [-0.25, -0.2) is 9.78 Å². The van der Waals surface area contributed by atoms with E-state index >= 15 is 0 Å². The summed E-state index contributed by atoms with van der Waals surface area (Å²) in [7, 11) is 1.45. The Hall–Kier alpha value is -2.72. The maximum atomic E-state index is 12.8. The van der Waals surface area contributed by atoms with Crippen molar-refractivity contribution in [3.63, 3.8) is 0 Å². The third-order valence-electron chi connectivity index (χ3n) is 4.22. The number of ether oxygens (including phenoxy) is 2. The van der Waals surface area contributed by atoms with Crippen LogP contribution in [0.5, 0.6) is 11.5 Å². The maximum Gasteiger partial charge on any atom is 0.344 e. The van der Waals surface area contributed by atoms with Crippen molar-refractivity contribution < 1.29 is 19.4 Å². The molecule has 2 aromatic carbocycles. The van der Waals surface area contributed by atoms with Crippen LogP contribution in [0, 0.1) is 6.92 Å². The van der Waals surface area contributed by atoms with Gasteiger partial charge >= 0.3 is 5.97 Å². The summed E-state index contributed by atoms with van der Waals surface area (Å²) < 4.78 is 13.3. The molecule has 0 bridgehead atoms. The Bertz CT molecular complexity index is 1220. The fourth-order valence-corrected chi connectivity index (χ4v) is 3.44. The van der Waals surface area contributed by atoms with Crippen LogP contribution in [-0.4, -0.2) is 40.2 Å². The zero-order valence-corrected chi connectivity index (χ0v) is 19.4. The second-order valence-corrected chi connectivity index (χ2v) is 8.07.